The Morgan fingerprint density at radius 1 is 1.22 bits per heavy atom. The Balaban J connectivity index is 2.30. The second kappa shape index (κ2) is 6.32. The van der Waals surface area contributed by atoms with E-state index in [1.807, 2.05) is 13.8 Å². The van der Waals surface area contributed by atoms with Gasteiger partial charge in [-0.3, -0.25) is 14.5 Å². The maximum atomic E-state index is 11.9. The molecule has 2 amide bonds. The molecule has 0 atom stereocenters. The summed E-state index contributed by atoms with van der Waals surface area (Å²) in [7, 11) is 0. The van der Waals surface area contributed by atoms with E-state index in [-0.39, 0.29) is 17.2 Å². The summed E-state index contributed by atoms with van der Waals surface area (Å²) in [5, 5.41) is 3.32. The lowest BCUT2D eigenvalue weighted by Gasteiger charge is -2.34. The van der Waals surface area contributed by atoms with Gasteiger partial charge in [0.25, 0.3) is 0 Å². The maximum Gasteiger partial charge on any atom is 0.229 e. The van der Waals surface area contributed by atoms with Crippen molar-refractivity contribution in [1.29, 1.82) is 0 Å². The molecule has 0 saturated carbocycles. The van der Waals surface area contributed by atoms with Gasteiger partial charge in [0, 0.05) is 19.4 Å². The molecule has 1 N–H and O–H groups in total. The minimum absolute atomic E-state index is 0.0138. The van der Waals surface area contributed by atoms with Crippen LogP contribution in [0.4, 0.5) is 0 Å². The standard InChI is InChI=1S/C14H26N2O2/c1-11(2)10-15-6-5-7-16-12(17)8-14(3,4)9-13(16)18/h11,15H,5-10H2,1-4H3. The molecule has 0 aliphatic carbocycles. The summed E-state index contributed by atoms with van der Waals surface area (Å²) >= 11 is 0. The fourth-order valence-electron chi connectivity index (χ4n) is 2.21. The summed E-state index contributed by atoms with van der Waals surface area (Å²) < 4.78 is 0. The number of carbonyl (C=O) groups is 2. The van der Waals surface area contributed by atoms with E-state index in [0.717, 1.165) is 19.5 Å². The highest BCUT2D eigenvalue weighted by molar-refractivity contribution is 5.98. The molecule has 0 aromatic heterocycles. The zero-order chi connectivity index (χ0) is 13.8. The number of rotatable bonds is 6. The Morgan fingerprint density at radius 2 is 1.78 bits per heavy atom. The van der Waals surface area contributed by atoms with Gasteiger partial charge in [-0.25, -0.2) is 0 Å². The lowest BCUT2D eigenvalue weighted by molar-refractivity contribution is -0.152. The molecule has 0 spiro atoms. The van der Waals surface area contributed by atoms with Crippen LogP contribution in [0.2, 0.25) is 0 Å². The molecule has 18 heavy (non-hydrogen) atoms. The lowest BCUT2D eigenvalue weighted by Crippen LogP contribution is -2.46. The molecule has 1 aliphatic heterocycles. The first-order chi connectivity index (χ1) is 8.32. The molecule has 0 bridgehead atoms. The minimum Gasteiger partial charge on any atom is -0.316 e. The van der Waals surface area contributed by atoms with Crippen LogP contribution in [-0.2, 0) is 9.59 Å². The van der Waals surface area contributed by atoms with Crippen molar-refractivity contribution in [3.05, 3.63) is 0 Å². The van der Waals surface area contributed by atoms with Crippen molar-refractivity contribution in [3.8, 4) is 0 Å². The first-order valence-electron chi connectivity index (χ1n) is 6.86. The summed E-state index contributed by atoms with van der Waals surface area (Å²) in [6.07, 6.45) is 1.81. The molecule has 0 aromatic carbocycles. The number of imide groups is 1. The van der Waals surface area contributed by atoms with Gasteiger partial charge in [-0.2, -0.15) is 0 Å². The first kappa shape index (κ1) is 15.2. The van der Waals surface area contributed by atoms with Crippen LogP contribution >= 0.6 is 0 Å². The van der Waals surface area contributed by atoms with Crippen molar-refractivity contribution in [2.45, 2.75) is 47.0 Å². The average Bonchev–Trinajstić information content (AvgIpc) is 2.18. The van der Waals surface area contributed by atoms with Crippen LogP contribution in [0.5, 0.6) is 0 Å². The molecule has 104 valence electrons. The second-order valence-corrected chi connectivity index (χ2v) is 6.41. The number of hydrogen-bond donors (Lipinski definition) is 1. The van der Waals surface area contributed by atoms with Crippen molar-refractivity contribution >= 4 is 11.8 Å². The average molecular weight is 254 g/mol. The van der Waals surface area contributed by atoms with E-state index in [1.54, 1.807) is 0 Å². The fourth-order valence-corrected chi connectivity index (χ4v) is 2.21. The number of likely N-dealkylation sites (tertiary alicyclic amines) is 1. The molecule has 1 heterocycles. The van der Waals surface area contributed by atoms with Gasteiger partial charge in [0.05, 0.1) is 0 Å². The van der Waals surface area contributed by atoms with Gasteiger partial charge < -0.3 is 5.32 Å². The molecule has 0 radical (unpaired) electrons. The zero-order valence-electron chi connectivity index (χ0n) is 12.1. The molecule has 0 aromatic rings. The Morgan fingerprint density at radius 3 is 2.28 bits per heavy atom. The number of amides is 2. The molecule has 1 saturated heterocycles. The predicted octanol–water partition coefficient (Wildman–Crippen LogP) is 1.80. The van der Waals surface area contributed by atoms with E-state index in [1.165, 1.54) is 4.90 Å². The van der Waals surface area contributed by atoms with Crippen molar-refractivity contribution in [2.75, 3.05) is 19.6 Å². The quantitative estimate of drug-likeness (QED) is 0.581. The molecular weight excluding hydrogens is 228 g/mol. The number of carbonyl (C=O) groups excluding carboxylic acids is 2. The van der Waals surface area contributed by atoms with Crippen LogP contribution in [0, 0.1) is 11.3 Å². The smallest absolute Gasteiger partial charge is 0.229 e. The third kappa shape index (κ3) is 4.77. The van der Waals surface area contributed by atoms with E-state index in [9.17, 15) is 9.59 Å². The van der Waals surface area contributed by atoms with Gasteiger partial charge in [0.1, 0.15) is 0 Å². The molecule has 4 nitrogen and oxygen atoms in total. The SMILES string of the molecule is CC(C)CNCCCN1C(=O)CC(C)(C)CC1=O. The third-order valence-corrected chi connectivity index (χ3v) is 3.15. The van der Waals surface area contributed by atoms with Crippen LogP contribution in [0.1, 0.15) is 47.0 Å². The molecule has 0 unspecified atom stereocenters. The highest BCUT2D eigenvalue weighted by Crippen LogP contribution is 2.31. The number of nitrogens with one attached hydrogen (secondary N) is 1. The summed E-state index contributed by atoms with van der Waals surface area (Å²) in [6.45, 7) is 10.7. The summed E-state index contributed by atoms with van der Waals surface area (Å²) in [5.41, 5.74) is -0.166. The molecular formula is C14H26N2O2. The van der Waals surface area contributed by atoms with Gasteiger partial charge >= 0.3 is 0 Å². The van der Waals surface area contributed by atoms with Gasteiger partial charge in [0.15, 0.2) is 0 Å². The van der Waals surface area contributed by atoms with E-state index in [4.69, 9.17) is 0 Å². The van der Waals surface area contributed by atoms with Crippen molar-refractivity contribution < 1.29 is 9.59 Å². The number of nitrogens with zero attached hydrogens (tertiary/aromatic N) is 1. The fraction of sp³-hybridized carbons (Fsp3) is 0.857. The molecule has 1 rings (SSSR count). The largest absolute Gasteiger partial charge is 0.316 e. The Labute approximate surface area is 110 Å². The van der Waals surface area contributed by atoms with Crippen LogP contribution in [-0.4, -0.2) is 36.3 Å². The van der Waals surface area contributed by atoms with E-state index >= 15 is 0 Å². The minimum atomic E-state index is -0.166. The van der Waals surface area contributed by atoms with Crippen LogP contribution < -0.4 is 5.32 Å². The van der Waals surface area contributed by atoms with Crippen LogP contribution in [0.3, 0.4) is 0 Å². The van der Waals surface area contributed by atoms with Gasteiger partial charge in [0.2, 0.25) is 11.8 Å². The predicted molar refractivity (Wildman–Crippen MR) is 72.1 cm³/mol. The first-order valence-corrected chi connectivity index (χ1v) is 6.86. The van der Waals surface area contributed by atoms with E-state index in [2.05, 4.69) is 19.2 Å². The van der Waals surface area contributed by atoms with Gasteiger partial charge in [-0.05, 0) is 30.8 Å². The Kier molecular flexibility index (Phi) is 5.32. The van der Waals surface area contributed by atoms with Crippen molar-refractivity contribution in [3.63, 3.8) is 0 Å². The Hall–Kier alpha value is -0.900. The summed E-state index contributed by atoms with van der Waals surface area (Å²) in [6, 6.07) is 0. The molecule has 1 aliphatic rings. The van der Waals surface area contributed by atoms with Crippen molar-refractivity contribution in [1.82, 2.24) is 10.2 Å². The molecule has 4 heteroatoms. The number of piperidine rings is 1. The Bertz CT molecular complexity index is 291. The second-order valence-electron chi connectivity index (χ2n) is 6.41. The van der Waals surface area contributed by atoms with Gasteiger partial charge in [-0.15, -0.1) is 0 Å². The monoisotopic (exact) mass is 254 g/mol. The van der Waals surface area contributed by atoms with Gasteiger partial charge in [-0.1, -0.05) is 27.7 Å². The van der Waals surface area contributed by atoms with Crippen molar-refractivity contribution in [2.24, 2.45) is 11.3 Å². The van der Waals surface area contributed by atoms with Crippen LogP contribution in [0.25, 0.3) is 0 Å². The lowest BCUT2D eigenvalue weighted by atomic mass is 9.82. The maximum absolute atomic E-state index is 11.9. The third-order valence-electron chi connectivity index (χ3n) is 3.15. The van der Waals surface area contributed by atoms with E-state index < -0.39 is 0 Å². The topological polar surface area (TPSA) is 49.4 Å². The van der Waals surface area contributed by atoms with Crippen LogP contribution in [0.15, 0.2) is 0 Å². The van der Waals surface area contributed by atoms with E-state index in [0.29, 0.717) is 25.3 Å². The zero-order valence-corrected chi connectivity index (χ0v) is 12.1. The number of hydrogen-bond acceptors (Lipinski definition) is 3. The summed E-state index contributed by atoms with van der Waals surface area (Å²) in [5.74, 6) is 0.601. The highest BCUT2D eigenvalue weighted by atomic mass is 16.2. The highest BCUT2D eigenvalue weighted by Gasteiger charge is 2.36. The normalized spacial score (nSPS) is 19.7. The summed E-state index contributed by atoms with van der Waals surface area (Å²) in [4.78, 5) is 25.2. The molecule has 1 fully saturated rings.